The van der Waals surface area contributed by atoms with Gasteiger partial charge in [0.25, 0.3) is 0 Å². The Morgan fingerprint density at radius 1 is 1.57 bits per heavy atom. The summed E-state index contributed by atoms with van der Waals surface area (Å²) in [6, 6.07) is -0.438. The van der Waals surface area contributed by atoms with Gasteiger partial charge in [0.05, 0.1) is 6.54 Å². The molecule has 0 aromatic heterocycles. The SMILES string of the molecule is C#CCN(CCC)C(=O)NCC(=O)O. The number of hydrogen-bond acceptors (Lipinski definition) is 2. The number of nitrogens with one attached hydrogen (secondary N) is 1. The molecule has 78 valence electrons. The normalized spacial score (nSPS) is 8.86. The van der Waals surface area contributed by atoms with Gasteiger partial charge in [-0.15, -0.1) is 6.42 Å². The smallest absolute Gasteiger partial charge is 0.323 e. The Hall–Kier alpha value is -1.70. The Morgan fingerprint density at radius 3 is 2.64 bits per heavy atom. The van der Waals surface area contributed by atoms with Gasteiger partial charge in [0.2, 0.25) is 0 Å². The fourth-order valence-electron chi connectivity index (χ4n) is 0.896. The van der Waals surface area contributed by atoms with E-state index in [1.165, 1.54) is 4.90 Å². The maximum absolute atomic E-state index is 11.3. The molecule has 0 aliphatic heterocycles. The van der Waals surface area contributed by atoms with E-state index in [4.69, 9.17) is 11.5 Å². The Kier molecular flexibility index (Phi) is 5.95. The summed E-state index contributed by atoms with van der Waals surface area (Å²) in [5.41, 5.74) is 0. The van der Waals surface area contributed by atoms with Gasteiger partial charge < -0.3 is 15.3 Å². The minimum Gasteiger partial charge on any atom is -0.480 e. The van der Waals surface area contributed by atoms with Crippen LogP contribution in [0.5, 0.6) is 0 Å². The predicted octanol–water partition coefficient (Wildman–Crippen LogP) is 0.126. The standard InChI is InChI=1S/C9H14N2O3/c1-3-5-11(6-4-2)9(14)10-7-8(12)13/h1H,4-7H2,2H3,(H,10,14)(H,12,13). The van der Waals surface area contributed by atoms with Crippen molar-refractivity contribution in [1.82, 2.24) is 10.2 Å². The maximum atomic E-state index is 11.3. The van der Waals surface area contributed by atoms with Gasteiger partial charge >= 0.3 is 12.0 Å². The van der Waals surface area contributed by atoms with Crippen molar-refractivity contribution in [2.45, 2.75) is 13.3 Å². The average Bonchev–Trinajstić information content (AvgIpc) is 2.14. The minimum atomic E-state index is -1.07. The molecule has 0 aliphatic carbocycles. The van der Waals surface area contributed by atoms with Crippen LogP contribution in [0.2, 0.25) is 0 Å². The fourth-order valence-corrected chi connectivity index (χ4v) is 0.896. The number of rotatable bonds is 5. The molecule has 0 aliphatic rings. The summed E-state index contributed by atoms with van der Waals surface area (Å²) >= 11 is 0. The molecular weight excluding hydrogens is 184 g/mol. The molecule has 0 unspecified atom stereocenters. The number of nitrogens with zero attached hydrogens (tertiary/aromatic N) is 1. The van der Waals surface area contributed by atoms with Gasteiger partial charge in [-0.2, -0.15) is 0 Å². The fraction of sp³-hybridized carbons (Fsp3) is 0.556. The van der Waals surface area contributed by atoms with Crippen LogP contribution in [-0.4, -0.2) is 41.6 Å². The Balaban J connectivity index is 4.02. The summed E-state index contributed by atoms with van der Waals surface area (Å²) in [7, 11) is 0. The van der Waals surface area contributed by atoms with Crippen LogP contribution < -0.4 is 5.32 Å². The molecular formula is C9H14N2O3. The number of terminal acetylenes is 1. The highest BCUT2D eigenvalue weighted by molar-refractivity contribution is 5.80. The van der Waals surface area contributed by atoms with Crippen LogP contribution in [0.1, 0.15) is 13.3 Å². The molecule has 5 heteroatoms. The zero-order valence-electron chi connectivity index (χ0n) is 8.12. The third-order valence-electron chi connectivity index (χ3n) is 1.45. The summed E-state index contributed by atoms with van der Waals surface area (Å²) in [6.07, 6.45) is 5.85. The van der Waals surface area contributed by atoms with Gasteiger partial charge in [-0.05, 0) is 6.42 Å². The van der Waals surface area contributed by atoms with E-state index in [0.717, 1.165) is 6.42 Å². The monoisotopic (exact) mass is 198 g/mol. The molecule has 14 heavy (non-hydrogen) atoms. The summed E-state index contributed by atoms with van der Waals surface area (Å²) in [4.78, 5) is 22.8. The molecule has 5 nitrogen and oxygen atoms in total. The molecule has 2 amide bonds. The van der Waals surface area contributed by atoms with E-state index in [2.05, 4.69) is 11.2 Å². The summed E-state index contributed by atoms with van der Waals surface area (Å²) < 4.78 is 0. The Bertz CT molecular complexity index is 245. The van der Waals surface area contributed by atoms with Crippen LogP contribution in [0.3, 0.4) is 0 Å². The van der Waals surface area contributed by atoms with Gasteiger partial charge in [0, 0.05) is 6.54 Å². The second-order valence-corrected chi connectivity index (χ2v) is 2.68. The number of hydrogen-bond donors (Lipinski definition) is 2. The molecule has 0 rings (SSSR count). The van der Waals surface area contributed by atoms with Crippen molar-refractivity contribution in [3.8, 4) is 12.3 Å². The van der Waals surface area contributed by atoms with Crippen molar-refractivity contribution in [3.05, 3.63) is 0 Å². The van der Waals surface area contributed by atoms with Crippen molar-refractivity contribution in [2.24, 2.45) is 0 Å². The average molecular weight is 198 g/mol. The third-order valence-corrected chi connectivity index (χ3v) is 1.45. The number of carbonyl (C=O) groups excluding carboxylic acids is 1. The molecule has 0 fully saturated rings. The van der Waals surface area contributed by atoms with Crippen molar-refractivity contribution < 1.29 is 14.7 Å². The lowest BCUT2D eigenvalue weighted by atomic mass is 10.4. The van der Waals surface area contributed by atoms with Crippen molar-refractivity contribution in [3.63, 3.8) is 0 Å². The number of carboxylic acid groups (broad SMARTS) is 1. The van der Waals surface area contributed by atoms with Gasteiger partial charge in [-0.3, -0.25) is 4.79 Å². The first-order valence-electron chi connectivity index (χ1n) is 4.29. The minimum absolute atomic E-state index is 0.194. The quantitative estimate of drug-likeness (QED) is 0.617. The van der Waals surface area contributed by atoms with Crippen LogP contribution >= 0.6 is 0 Å². The molecule has 0 heterocycles. The summed E-state index contributed by atoms with van der Waals surface area (Å²) in [6.45, 7) is 2.24. The second-order valence-electron chi connectivity index (χ2n) is 2.68. The van der Waals surface area contributed by atoms with E-state index in [0.29, 0.717) is 6.54 Å². The molecule has 0 saturated heterocycles. The van der Waals surface area contributed by atoms with Crippen molar-refractivity contribution in [1.29, 1.82) is 0 Å². The number of carboxylic acids is 1. The first kappa shape index (κ1) is 12.3. The molecule has 0 aromatic rings. The highest BCUT2D eigenvalue weighted by Gasteiger charge is 2.11. The lowest BCUT2D eigenvalue weighted by Gasteiger charge is -2.19. The zero-order valence-corrected chi connectivity index (χ0v) is 8.12. The van der Waals surface area contributed by atoms with Gasteiger partial charge in [-0.25, -0.2) is 4.79 Å². The largest absolute Gasteiger partial charge is 0.480 e. The molecule has 0 bridgehead atoms. The van der Waals surface area contributed by atoms with Crippen molar-refractivity contribution in [2.75, 3.05) is 19.6 Å². The number of carbonyl (C=O) groups is 2. The highest BCUT2D eigenvalue weighted by Crippen LogP contribution is 1.91. The maximum Gasteiger partial charge on any atom is 0.323 e. The van der Waals surface area contributed by atoms with E-state index >= 15 is 0 Å². The van der Waals surface area contributed by atoms with Crippen LogP contribution in [-0.2, 0) is 4.79 Å². The number of urea groups is 1. The number of aliphatic carboxylic acids is 1. The lowest BCUT2D eigenvalue weighted by molar-refractivity contribution is -0.135. The third kappa shape index (κ3) is 5.04. The van der Waals surface area contributed by atoms with Gasteiger partial charge in [0.15, 0.2) is 0 Å². The van der Waals surface area contributed by atoms with Crippen molar-refractivity contribution >= 4 is 12.0 Å². The molecule has 0 radical (unpaired) electrons. The number of amides is 2. The molecule has 0 atom stereocenters. The zero-order chi connectivity index (χ0) is 11.0. The van der Waals surface area contributed by atoms with E-state index in [-0.39, 0.29) is 13.1 Å². The molecule has 0 aromatic carbocycles. The first-order chi connectivity index (χ1) is 6.61. The van der Waals surface area contributed by atoms with Gasteiger partial charge in [0.1, 0.15) is 6.54 Å². The van der Waals surface area contributed by atoms with E-state index in [9.17, 15) is 9.59 Å². The summed E-state index contributed by atoms with van der Waals surface area (Å²) in [5, 5.41) is 10.6. The molecule has 2 N–H and O–H groups in total. The van der Waals surface area contributed by atoms with Crippen LogP contribution in [0, 0.1) is 12.3 Å². The van der Waals surface area contributed by atoms with E-state index in [1.54, 1.807) is 0 Å². The van der Waals surface area contributed by atoms with Gasteiger partial charge in [-0.1, -0.05) is 12.8 Å². The lowest BCUT2D eigenvalue weighted by Crippen LogP contribution is -2.42. The predicted molar refractivity (Wildman–Crippen MR) is 51.7 cm³/mol. The highest BCUT2D eigenvalue weighted by atomic mass is 16.4. The topological polar surface area (TPSA) is 69.6 Å². The Morgan fingerprint density at radius 2 is 2.21 bits per heavy atom. The van der Waals surface area contributed by atoms with E-state index < -0.39 is 12.0 Å². The van der Waals surface area contributed by atoms with E-state index in [1.807, 2.05) is 6.92 Å². The van der Waals surface area contributed by atoms with Crippen LogP contribution in [0.4, 0.5) is 4.79 Å². The second kappa shape index (κ2) is 6.78. The first-order valence-corrected chi connectivity index (χ1v) is 4.29. The Labute approximate surface area is 83.1 Å². The molecule has 0 saturated carbocycles. The molecule has 0 spiro atoms. The van der Waals surface area contributed by atoms with Crippen LogP contribution in [0.25, 0.3) is 0 Å². The van der Waals surface area contributed by atoms with Crippen LogP contribution in [0.15, 0.2) is 0 Å². The summed E-state index contributed by atoms with van der Waals surface area (Å²) in [5.74, 6) is 1.27.